The fourth-order valence-corrected chi connectivity index (χ4v) is 4.04. The number of benzene rings is 3. The van der Waals surface area contributed by atoms with Crippen LogP contribution in [0.1, 0.15) is 21.5 Å². The van der Waals surface area contributed by atoms with Crippen LogP contribution in [0, 0.1) is 0 Å². The number of hydrogen-bond acceptors (Lipinski definition) is 4. The zero-order valence-electron chi connectivity index (χ0n) is 19.0. The van der Waals surface area contributed by atoms with Gasteiger partial charge in [-0.25, -0.2) is 0 Å². The van der Waals surface area contributed by atoms with Crippen LogP contribution in [0.3, 0.4) is 0 Å². The lowest BCUT2D eigenvalue weighted by atomic mass is 10.1. The molecule has 0 radical (unpaired) electrons. The molecule has 7 heteroatoms. The van der Waals surface area contributed by atoms with Gasteiger partial charge >= 0.3 is 0 Å². The quantitative estimate of drug-likeness (QED) is 0.400. The summed E-state index contributed by atoms with van der Waals surface area (Å²) in [5.41, 5.74) is 2.78. The number of pyridine rings is 1. The Labute approximate surface area is 202 Å². The second-order valence-corrected chi connectivity index (χ2v) is 8.26. The predicted octanol–water partition coefficient (Wildman–Crippen LogP) is 4.69. The lowest BCUT2D eigenvalue weighted by Crippen LogP contribution is -2.29. The van der Waals surface area contributed by atoms with Gasteiger partial charge in [0.25, 0.3) is 11.5 Å². The van der Waals surface area contributed by atoms with Crippen LogP contribution in [-0.4, -0.2) is 31.2 Å². The van der Waals surface area contributed by atoms with Crippen LogP contribution in [0.25, 0.3) is 10.9 Å². The summed E-state index contributed by atoms with van der Waals surface area (Å²) in [4.78, 5) is 26.0. The molecule has 0 fully saturated rings. The van der Waals surface area contributed by atoms with Gasteiger partial charge in [0.2, 0.25) is 0 Å². The van der Waals surface area contributed by atoms with Crippen LogP contribution in [0.2, 0.25) is 5.02 Å². The van der Waals surface area contributed by atoms with Crippen molar-refractivity contribution in [2.45, 2.75) is 13.0 Å². The Morgan fingerprint density at radius 3 is 2.35 bits per heavy atom. The second-order valence-electron chi connectivity index (χ2n) is 7.82. The standard InChI is InChI=1S/C27H25ClN2O4/c1-33-24-12-9-18(15-25(24)34-2)13-14-29-27(32)22-16-26(31)30(23-6-4-3-5-21(22)23)17-19-7-10-20(28)11-8-19/h3-12,15-16H,13-14,17H2,1-2H3,(H,29,32). The zero-order valence-corrected chi connectivity index (χ0v) is 19.8. The monoisotopic (exact) mass is 476 g/mol. The van der Waals surface area contributed by atoms with Crippen LogP contribution in [0.15, 0.2) is 77.6 Å². The second kappa shape index (κ2) is 10.4. The molecular formula is C27H25ClN2O4. The normalized spacial score (nSPS) is 10.8. The van der Waals surface area contributed by atoms with Crippen molar-refractivity contribution in [3.05, 3.63) is 105 Å². The average molecular weight is 477 g/mol. The number of rotatable bonds is 8. The number of carbonyl (C=O) groups is 1. The minimum Gasteiger partial charge on any atom is -0.493 e. The molecule has 1 heterocycles. The fraction of sp³-hybridized carbons (Fsp3) is 0.185. The summed E-state index contributed by atoms with van der Waals surface area (Å²) in [6, 6.07) is 21.9. The maximum absolute atomic E-state index is 13.0. The largest absolute Gasteiger partial charge is 0.493 e. The molecule has 3 aromatic carbocycles. The summed E-state index contributed by atoms with van der Waals surface area (Å²) in [6.45, 7) is 0.800. The molecule has 0 aliphatic rings. The molecule has 6 nitrogen and oxygen atoms in total. The number of halogens is 1. The first kappa shape index (κ1) is 23.4. The van der Waals surface area contributed by atoms with E-state index < -0.39 is 0 Å². The van der Waals surface area contributed by atoms with Crippen molar-refractivity contribution in [1.82, 2.24) is 9.88 Å². The average Bonchev–Trinajstić information content (AvgIpc) is 2.86. The van der Waals surface area contributed by atoms with Crippen LogP contribution in [0.5, 0.6) is 11.5 Å². The van der Waals surface area contributed by atoms with E-state index in [0.717, 1.165) is 16.5 Å². The Hall–Kier alpha value is -3.77. The SMILES string of the molecule is COc1ccc(CCNC(=O)c2cc(=O)n(Cc3ccc(Cl)cc3)c3ccccc23)cc1OC. The maximum Gasteiger partial charge on any atom is 0.252 e. The molecular weight excluding hydrogens is 452 g/mol. The van der Waals surface area contributed by atoms with E-state index in [-0.39, 0.29) is 11.5 Å². The molecule has 1 N–H and O–H groups in total. The molecule has 0 saturated heterocycles. The highest BCUT2D eigenvalue weighted by Crippen LogP contribution is 2.27. The van der Waals surface area contributed by atoms with Crippen molar-refractivity contribution in [3.8, 4) is 11.5 Å². The van der Waals surface area contributed by atoms with Crippen LogP contribution in [0.4, 0.5) is 0 Å². The molecule has 0 atom stereocenters. The number of amides is 1. The number of methoxy groups -OCH3 is 2. The Bertz CT molecular complexity index is 1380. The summed E-state index contributed by atoms with van der Waals surface area (Å²) in [5, 5.41) is 4.30. The first-order valence-corrected chi connectivity index (χ1v) is 11.2. The highest BCUT2D eigenvalue weighted by atomic mass is 35.5. The van der Waals surface area contributed by atoms with E-state index in [1.54, 1.807) is 30.9 Å². The number of fused-ring (bicyclic) bond motifs is 1. The minimum absolute atomic E-state index is 0.237. The first-order chi connectivity index (χ1) is 16.5. The fourth-order valence-electron chi connectivity index (χ4n) is 3.91. The van der Waals surface area contributed by atoms with Gasteiger partial charge in [0, 0.05) is 23.0 Å². The zero-order chi connectivity index (χ0) is 24.1. The Balaban J connectivity index is 1.54. The topological polar surface area (TPSA) is 69.6 Å². The first-order valence-electron chi connectivity index (χ1n) is 10.9. The van der Waals surface area contributed by atoms with Crippen molar-refractivity contribution in [2.24, 2.45) is 0 Å². The minimum atomic E-state index is -0.285. The number of carbonyl (C=O) groups excluding carboxylic acids is 1. The number of ether oxygens (including phenoxy) is 2. The lowest BCUT2D eigenvalue weighted by Gasteiger charge is -2.14. The molecule has 0 aliphatic heterocycles. The van der Waals surface area contributed by atoms with E-state index in [2.05, 4.69) is 5.32 Å². The molecule has 0 unspecified atom stereocenters. The van der Waals surface area contributed by atoms with E-state index >= 15 is 0 Å². The van der Waals surface area contributed by atoms with E-state index in [0.29, 0.717) is 47.1 Å². The van der Waals surface area contributed by atoms with Gasteiger partial charge in [-0.05, 0) is 47.9 Å². The molecule has 4 aromatic rings. The van der Waals surface area contributed by atoms with Gasteiger partial charge in [-0.15, -0.1) is 0 Å². The third-order valence-corrected chi connectivity index (χ3v) is 5.92. The molecule has 4 rings (SSSR count). The summed E-state index contributed by atoms with van der Waals surface area (Å²) >= 11 is 5.98. The van der Waals surface area contributed by atoms with Gasteiger partial charge in [-0.2, -0.15) is 0 Å². The number of aromatic nitrogens is 1. The molecule has 1 amide bonds. The lowest BCUT2D eigenvalue weighted by molar-refractivity contribution is 0.0955. The number of hydrogen-bond donors (Lipinski definition) is 1. The van der Waals surface area contributed by atoms with Crippen LogP contribution in [-0.2, 0) is 13.0 Å². The Morgan fingerprint density at radius 1 is 0.912 bits per heavy atom. The predicted molar refractivity (Wildman–Crippen MR) is 134 cm³/mol. The van der Waals surface area contributed by atoms with Crippen LogP contribution >= 0.6 is 11.6 Å². The van der Waals surface area contributed by atoms with Crippen molar-refractivity contribution >= 4 is 28.4 Å². The van der Waals surface area contributed by atoms with Gasteiger partial charge in [0.15, 0.2) is 11.5 Å². The molecule has 174 valence electrons. The summed E-state index contributed by atoms with van der Waals surface area (Å²) in [6.07, 6.45) is 0.609. The molecule has 0 aliphatic carbocycles. The third kappa shape index (κ3) is 5.07. The van der Waals surface area contributed by atoms with Crippen molar-refractivity contribution in [1.29, 1.82) is 0 Å². The van der Waals surface area contributed by atoms with E-state index in [4.69, 9.17) is 21.1 Å². The van der Waals surface area contributed by atoms with Gasteiger partial charge < -0.3 is 19.4 Å². The number of nitrogens with one attached hydrogen (secondary N) is 1. The maximum atomic E-state index is 13.0. The van der Waals surface area contributed by atoms with Crippen molar-refractivity contribution < 1.29 is 14.3 Å². The molecule has 1 aromatic heterocycles. The third-order valence-electron chi connectivity index (χ3n) is 5.66. The van der Waals surface area contributed by atoms with Gasteiger partial charge in [0.05, 0.1) is 31.8 Å². The summed E-state index contributed by atoms with van der Waals surface area (Å²) in [7, 11) is 3.18. The number of para-hydroxylation sites is 1. The smallest absolute Gasteiger partial charge is 0.252 e. The summed E-state index contributed by atoms with van der Waals surface area (Å²) in [5.74, 6) is 1.01. The number of nitrogens with zero attached hydrogens (tertiary/aromatic N) is 1. The van der Waals surface area contributed by atoms with Gasteiger partial charge in [-0.3, -0.25) is 9.59 Å². The van der Waals surface area contributed by atoms with Crippen LogP contribution < -0.4 is 20.3 Å². The highest BCUT2D eigenvalue weighted by molar-refractivity contribution is 6.30. The summed E-state index contributed by atoms with van der Waals surface area (Å²) < 4.78 is 12.3. The molecule has 34 heavy (non-hydrogen) atoms. The van der Waals surface area contributed by atoms with Crippen molar-refractivity contribution in [2.75, 3.05) is 20.8 Å². The van der Waals surface area contributed by atoms with E-state index in [1.165, 1.54) is 6.07 Å². The molecule has 0 spiro atoms. The van der Waals surface area contributed by atoms with Gasteiger partial charge in [0.1, 0.15) is 0 Å². The van der Waals surface area contributed by atoms with E-state index in [1.807, 2.05) is 54.6 Å². The molecule has 0 saturated carbocycles. The molecule has 0 bridgehead atoms. The Kier molecular flexibility index (Phi) is 7.18. The van der Waals surface area contributed by atoms with Crippen molar-refractivity contribution in [3.63, 3.8) is 0 Å². The highest BCUT2D eigenvalue weighted by Gasteiger charge is 2.15. The Morgan fingerprint density at radius 2 is 1.62 bits per heavy atom. The van der Waals surface area contributed by atoms with Gasteiger partial charge in [-0.1, -0.05) is 48.0 Å². The van der Waals surface area contributed by atoms with E-state index in [9.17, 15) is 9.59 Å².